The molecule has 3 nitrogen and oxygen atoms in total. The number of benzene rings is 1. The van der Waals surface area contributed by atoms with Gasteiger partial charge in [-0.15, -0.1) is 0 Å². The molecule has 0 saturated carbocycles. The second-order valence-corrected chi connectivity index (χ2v) is 6.24. The Morgan fingerprint density at radius 1 is 1.50 bits per heavy atom. The lowest BCUT2D eigenvalue weighted by Gasteiger charge is -2.27. The quantitative estimate of drug-likeness (QED) is 0.860. The molecule has 1 fully saturated rings. The van der Waals surface area contributed by atoms with E-state index < -0.39 is 0 Å². The summed E-state index contributed by atoms with van der Waals surface area (Å²) in [6, 6.07) is 6.62. The van der Waals surface area contributed by atoms with E-state index >= 15 is 0 Å². The van der Waals surface area contributed by atoms with Crippen LogP contribution in [0.3, 0.4) is 0 Å². The van der Waals surface area contributed by atoms with Crippen LogP contribution in [0.25, 0.3) is 0 Å². The number of likely N-dealkylation sites (N-methyl/N-ethyl adjacent to an activating group) is 1. The Morgan fingerprint density at radius 2 is 2.30 bits per heavy atom. The minimum atomic E-state index is 0.380. The van der Waals surface area contributed by atoms with Gasteiger partial charge in [-0.3, -0.25) is 0 Å². The van der Waals surface area contributed by atoms with Crippen molar-refractivity contribution in [1.29, 1.82) is 0 Å². The van der Waals surface area contributed by atoms with Crippen LogP contribution >= 0.6 is 15.9 Å². The molecule has 0 aliphatic carbocycles. The van der Waals surface area contributed by atoms with Crippen LogP contribution in [-0.4, -0.2) is 32.9 Å². The van der Waals surface area contributed by atoms with Crippen LogP contribution in [0.5, 0.6) is 5.75 Å². The molecule has 0 aromatic heterocycles. The third kappa shape index (κ3) is 3.54. The molecule has 4 heteroatoms. The minimum Gasteiger partial charge on any atom is -0.496 e. The molecule has 2 rings (SSSR count). The van der Waals surface area contributed by atoms with Gasteiger partial charge in [-0.1, -0.05) is 22.9 Å². The molecule has 112 valence electrons. The largest absolute Gasteiger partial charge is 0.496 e. The van der Waals surface area contributed by atoms with Gasteiger partial charge in [0, 0.05) is 23.0 Å². The van der Waals surface area contributed by atoms with Gasteiger partial charge in [0.2, 0.25) is 0 Å². The number of halogens is 1. The highest BCUT2D eigenvalue weighted by molar-refractivity contribution is 9.10. The highest BCUT2D eigenvalue weighted by Crippen LogP contribution is 2.31. The molecule has 3 unspecified atom stereocenters. The molecule has 0 spiro atoms. The fourth-order valence-corrected chi connectivity index (χ4v) is 3.57. The Hall–Kier alpha value is -0.580. The van der Waals surface area contributed by atoms with E-state index in [9.17, 15) is 0 Å². The Kier molecular flexibility index (Phi) is 5.87. The van der Waals surface area contributed by atoms with Crippen LogP contribution in [0, 0.1) is 5.92 Å². The number of methoxy groups -OCH3 is 1. The average Bonchev–Trinajstić information content (AvgIpc) is 2.93. The van der Waals surface area contributed by atoms with Crippen LogP contribution in [0.4, 0.5) is 0 Å². The van der Waals surface area contributed by atoms with Crippen molar-refractivity contribution >= 4 is 15.9 Å². The van der Waals surface area contributed by atoms with E-state index in [2.05, 4.69) is 34.2 Å². The summed E-state index contributed by atoms with van der Waals surface area (Å²) in [5, 5.41) is 3.48. The van der Waals surface area contributed by atoms with E-state index in [1.54, 1.807) is 7.11 Å². The molecular weight excluding hydrogens is 318 g/mol. The summed E-state index contributed by atoms with van der Waals surface area (Å²) in [5.41, 5.74) is 1.24. The zero-order chi connectivity index (χ0) is 14.5. The number of ether oxygens (including phenoxy) is 2. The van der Waals surface area contributed by atoms with Gasteiger partial charge in [-0.05, 0) is 50.1 Å². The molecule has 0 amide bonds. The molecule has 0 radical (unpaired) electrons. The van der Waals surface area contributed by atoms with Crippen LogP contribution in [-0.2, 0) is 11.2 Å². The lowest BCUT2D eigenvalue weighted by Crippen LogP contribution is -2.39. The normalized spacial score (nSPS) is 23.8. The summed E-state index contributed by atoms with van der Waals surface area (Å²) in [7, 11) is 3.77. The molecule has 1 aromatic rings. The molecule has 1 aromatic carbocycles. The van der Waals surface area contributed by atoms with Crippen LogP contribution < -0.4 is 10.1 Å². The van der Waals surface area contributed by atoms with E-state index in [4.69, 9.17) is 9.47 Å². The van der Waals surface area contributed by atoms with Gasteiger partial charge in [-0.25, -0.2) is 0 Å². The first kappa shape index (κ1) is 15.8. The molecule has 1 heterocycles. The maximum atomic E-state index is 5.84. The fraction of sp³-hybridized carbons (Fsp3) is 0.625. The zero-order valence-electron chi connectivity index (χ0n) is 12.5. The Morgan fingerprint density at radius 3 is 2.95 bits per heavy atom. The highest BCUT2D eigenvalue weighted by Gasteiger charge is 2.33. The number of hydrogen-bond donors (Lipinski definition) is 1. The lowest BCUT2D eigenvalue weighted by molar-refractivity contribution is 0.0782. The first-order valence-corrected chi connectivity index (χ1v) is 8.10. The molecule has 3 atom stereocenters. The number of rotatable bonds is 6. The summed E-state index contributed by atoms with van der Waals surface area (Å²) in [5.74, 6) is 1.54. The molecule has 1 aliphatic rings. The smallest absolute Gasteiger partial charge is 0.122 e. The van der Waals surface area contributed by atoms with Crippen molar-refractivity contribution < 1.29 is 9.47 Å². The van der Waals surface area contributed by atoms with Gasteiger partial charge in [0.1, 0.15) is 5.75 Å². The first-order chi connectivity index (χ1) is 9.69. The van der Waals surface area contributed by atoms with Gasteiger partial charge >= 0.3 is 0 Å². The Labute approximate surface area is 130 Å². The summed E-state index contributed by atoms with van der Waals surface area (Å²) in [6.45, 7) is 3.09. The second-order valence-electron chi connectivity index (χ2n) is 5.33. The summed E-state index contributed by atoms with van der Waals surface area (Å²) in [6.07, 6.45) is 3.56. The maximum Gasteiger partial charge on any atom is 0.122 e. The summed E-state index contributed by atoms with van der Waals surface area (Å²) in [4.78, 5) is 0. The van der Waals surface area contributed by atoms with E-state index in [1.165, 1.54) is 5.56 Å². The van der Waals surface area contributed by atoms with Crippen LogP contribution in [0.2, 0.25) is 0 Å². The first-order valence-electron chi connectivity index (χ1n) is 7.30. The van der Waals surface area contributed by atoms with E-state index in [0.29, 0.717) is 18.1 Å². The van der Waals surface area contributed by atoms with Crippen molar-refractivity contribution in [2.75, 3.05) is 20.8 Å². The van der Waals surface area contributed by atoms with Crippen molar-refractivity contribution in [1.82, 2.24) is 5.32 Å². The minimum absolute atomic E-state index is 0.380. The van der Waals surface area contributed by atoms with Crippen molar-refractivity contribution in [3.05, 3.63) is 28.2 Å². The molecule has 1 N–H and O–H groups in total. The van der Waals surface area contributed by atoms with Gasteiger partial charge in [0.25, 0.3) is 0 Å². The predicted octanol–water partition coefficient (Wildman–Crippen LogP) is 3.40. The average molecular weight is 342 g/mol. The maximum absolute atomic E-state index is 5.84. The third-order valence-electron chi connectivity index (χ3n) is 4.23. The SMILES string of the molecule is CCC1OCCC1C(Cc1cc(Br)ccc1OC)NC. The predicted molar refractivity (Wildman–Crippen MR) is 85.4 cm³/mol. The van der Waals surface area contributed by atoms with Crippen LogP contribution in [0.15, 0.2) is 22.7 Å². The Balaban J connectivity index is 2.15. The third-order valence-corrected chi connectivity index (χ3v) is 4.73. The van der Waals surface area contributed by atoms with Gasteiger partial charge in [0.05, 0.1) is 13.2 Å². The molecule has 0 bridgehead atoms. The fourth-order valence-electron chi connectivity index (χ4n) is 3.16. The number of hydrogen-bond acceptors (Lipinski definition) is 3. The lowest BCUT2D eigenvalue weighted by atomic mass is 9.87. The molecule has 1 aliphatic heterocycles. The standard InChI is InChI=1S/C16H24BrNO2/c1-4-15-13(7-8-20-15)14(18-2)10-11-9-12(17)5-6-16(11)19-3/h5-6,9,13-15,18H,4,7-8,10H2,1-3H3. The van der Waals surface area contributed by atoms with Gasteiger partial charge in [-0.2, -0.15) is 0 Å². The van der Waals surface area contributed by atoms with E-state index in [-0.39, 0.29) is 0 Å². The van der Waals surface area contributed by atoms with Crippen molar-refractivity contribution in [3.63, 3.8) is 0 Å². The van der Waals surface area contributed by atoms with Crippen molar-refractivity contribution in [3.8, 4) is 5.75 Å². The highest BCUT2D eigenvalue weighted by atomic mass is 79.9. The monoisotopic (exact) mass is 341 g/mol. The molecule has 1 saturated heterocycles. The van der Waals surface area contributed by atoms with Crippen LogP contribution in [0.1, 0.15) is 25.3 Å². The summed E-state index contributed by atoms with van der Waals surface area (Å²) < 4.78 is 12.4. The van der Waals surface area contributed by atoms with E-state index in [0.717, 1.165) is 36.1 Å². The topological polar surface area (TPSA) is 30.5 Å². The zero-order valence-corrected chi connectivity index (χ0v) is 14.1. The van der Waals surface area contributed by atoms with Gasteiger partial charge < -0.3 is 14.8 Å². The number of nitrogens with one attached hydrogen (secondary N) is 1. The summed E-state index contributed by atoms with van der Waals surface area (Å²) >= 11 is 3.55. The van der Waals surface area contributed by atoms with E-state index in [1.807, 2.05) is 19.2 Å². The Bertz CT molecular complexity index is 438. The van der Waals surface area contributed by atoms with Crippen molar-refractivity contribution in [2.24, 2.45) is 5.92 Å². The van der Waals surface area contributed by atoms with Crippen molar-refractivity contribution in [2.45, 2.75) is 38.3 Å². The second kappa shape index (κ2) is 7.43. The van der Waals surface area contributed by atoms with Gasteiger partial charge in [0.15, 0.2) is 0 Å². The molecular formula is C16H24BrNO2. The molecule has 20 heavy (non-hydrogen) atoms.